The van der Waals surface area contributed by atoms with Crippen molar-refractivity contribution in [2.75, 3.05) is 0 Å². The summed E-state index contributed by atoms with van der Waals surface area (Å²) in [6, 6.07) is 5.38. The van der Waals surface area contributed by atoms with Crippen LogP contribution in [0.4, 0.5) is 4.39 Å². The van der Waals surface area contributed by atoms with E-state index < -0.39 is 0 Å². The maximum atomic E-state index is 13.4. The quantitative estimate of drug-likeness (QED) is 0.889. The molecule has 1 aliphatic carbocycles. The average molecular weight is 259 g/mol. The Morgan fingerprint density at radius 3 is 3.16 bits per heavy atom. The number of aromatic amines is 1. The van der Waals surface area contributed by atoms with Crippen molar-refractivity contribution in [1.82, 2.24) is 15.5 Å². The summed E-state index contributed by atoms with van der Waals surface area (Å²) in [5.74, 6) is -0.148. The normalized spacial score (nSPS) is 18.3. The lowest BCUT2D eigenvalue weighted by Gasteiger charge is -2.26. The maximum Gasteiger partial charge on any atom is 0.123 e. The number of nitrogens with one attached hydrogen (secondary N) is 2. The Labute approximate surface area is 112 Å². The molecule has 19 heavy (non-hydrogen) atoms. The predicted octanol–water partition coefficient (Wildman–Crippen LogP) is 3.02. The monoisotopic (exact) mass is 259 g/mol. The van der Waals surface area contributed by atoms with Gasteiger partial charge in [0.1, 0.15) is 5.82 Å². The van der Waals surface area contributed by atoms with Crippen molar-refractivity contribution in [3.8, 4) is 0 Å². The summed E-state index contributed by atoms with van der Waals surface area (Å²) < 4.78 is 13.4. The molecule has 0 unspecified atom stereocenters. The average Bonchev–Trinajstić information content (AvgIpc) is 2.82. The van der Waals surface area contributed by atoms with E-state index in [0.717, 1.165) is 42.6 Å². The predicted molar refractivity (Wildman–Crippen MR) is 72.2 cm³/mol. The van der Waals surface area contributed by atoms with Gasteiger partial charge in [0.25, 0.3) is 0 Å². The van der Waals surface area contributed by atoms with Crippen LogP contribution in [0.3, 0.4) is 0 Å². The third-order valence-corrected chi connectivity index (χ3v) is 3.88. The Morgan fingerprint density at radius 1 is 1.47 bits per heavy atom. The summed E-state index contributed by atoms with van der Waals surface area (Å²) in [5.41, 5.74) is 4.64. The number of hydrogen-bond donors (Lipinski definition) is 2. The van der Waals surface area contributed by atoms with Crippen LogP contribution in [0.5, 0.6) is 0 Å². The number of H-pyrrole nitrogens is 1. The number of nitrogens with zero attached hydrogens (tertiary/aromatic N) is 1. The Bertz CT molecular complexity index is 577. The Kier molecular flexibility index (Phi) is 3.34. The first-order valence-corrected chi connectivity index (χ1v) is 6.74. The molecule has 2 N–H and O–H groups in total. The zero-order valence-electron chi connectivity index (χ0n) is 11.0. The van der Waals surface area contributed by atoms with Crippen LogP contribution < -0.4 is 5.32 Å². The zero-order valence-corrected chi connectivity index (χ0v) is 11.0. The van der Waals surface area contributed by atoms with E-state index in [2.05, 4.69) is 15.5 Å². The van der Waals surface area contributed by atoms with E-state index in [9.17, 15) is 4.39 Å². The Morgan fingerprint density at radius 2 is 2.37 bits per heavy atom. The van der Waals surface area contributed by atoms with Crippen LogP contribution in [0, 0.1) is 12.7 Å². The molecule has 0 fully saturated rings. The molecule has 100 valence electrons. The molecule has 2 aromatic rings. The van der Waals surface area contributed by atoms with E-state index in [1.807, 2.05) is 19.2 Å². The van der Waals surface area contributed by atoms with Gasteiger partial charge in [0.2, 0.25) is 0 Å². The smallest absolute Gasteiger partial charge is 0.123 e. The first kappa shape index (κ1) is 12.4. The van der Waals surface area contributed by atoms with Crippen molar-refractivity contribution in [1.29, 1.82) is 0 Å². The van der Waals surface area contributed by atoms with Gasteiger partial charge in [-0.3, -0.25) is 5.10 Å². The first-order chi connectivity index (χ1) is 9.24. The third-order valence-electron chi connectivity index (χ3n) is 3.88. The van der Waals surface area contributed by atoms with Crippen LogP contribution in [0.25, 0.3) is 0 Å². The van der Waals surface area contributed by atoms with E-state index in [-0.39, 0.29) is 11.9 Å². The minimum atomic E-state index is -0.148. The molecular weight excluding hydrogens is 241 g/mol. The van der Waals surface area contributed by atoms with E-state index in [4.69, 9.17) is 0 Å². The maximum absolute atomic E-state index is 13.4. The summed E-state index contributed by atoms with van der Waals surface area (Å²) in [7, 11) is 0. The van der Waals surface area contributed by atoms with Gasteiger partial charge in [-0.25, -0.2) is 4.39 Å². The fourth-order valence-corrected chi connectivity index (χ4v) is 2.76. The van der Waals surface area contributed by atoms with Gasteiger partial charge >= 0.3 is 0 Å². The van der Waals surface area contributed by atoms with Gasteiger partial charge in [0.15, 0.2) is 0 Å². The summed E-state index contributed by atoms with van der Waals surface area (Å²) in [5, 5.41) is 10.5. The lowest BCUT2D eigenvalue weighted by molar-refractivity contribution is 0.452. The zero-order chi connectivity index (χ0) is 13.2. The molecule has 3 rings (SSSR count). The number of rotatable bonds is 3. The van der Waals surface area contributed by atoms with E-state index in [0.29, 0.717) is 0 Å². The molecule has 1 heterocycles. The molecule has 1 aromatic carbocycles. The highest BCUT2D eigenvalue weighted by Crippen LogP contribution is 2.30. The van der Waals surface area contributed by atoms with Gasteiger partial charge in [0, 0.05) is 12.6 Å². The molecule has 3 nitrogen and oxygen atoms in total. The second-order valence-corrected chi connectivity index (χ2v) is 5.20. The van der Waals surface area contributed by atoms with Gasteiger partial charge in [-0.2, -0.15) is 5.10 Å². The Balaban J connectivity index is 1.76. The highest BCUT2D eigenvalue weighted by Gasteiger charge is 2.20. The molecule has 4 heteroatoms. The van der Waals surface area contributed by atoms with Crippen molar-refractivity contribution in [3.63, 3.8) is 0 Å². The summed E-state index contributed by atoms with van der Waals surface area (Å²) in [6.45, 7) is 2.78. The van der Waals surface area contributed by atoms with E-state index >= 15 is 0 Å². The van der Waals surface area contributed by atoms with Crippen molar-refractivity contribution in [2.45, 2.75) is 38.8 Å². The number of fused-ring (bicyclic) bond motifs is 1. The molecule has 0 aliphatic heterocycles. The highest BCUT2D eigenvalue weighted by molar-refractivity contribution is 5.33. The summed E-state index contributed by atoms with van der Waals surface area (Å²) >= 11 is 0. The van der Waals surface area contributed by atoms with Crippen LogP contribution in [-0.4, -0.2) is 10.2 Å². The van der Waals surface area contributed by atoms with Gasteiger partial charge in [-0.05, 0) is 55.0 Å². The molecule has 0 radical (unpaired) electrons. The standard InChI is InChI=1S/C15H18FN3/c1-10-8-18-19-15(10)9-17-14-4-2-3-11-5-6-12(16)7-13(11)14/h5-8,14,17H,2-4,9H2,1H3,(H,18,19)/t14-/m1/s1. The second-order valence-electron chi connectivity index (χ2n) is 5.20. The lowest BCUT2D eigenvalue weighted by atomic mass is 9.87. The number of benzene rings is 1. The molecule has 0 spiro atoms. The third kappa shape index (κ3) is 2.54. The molecule has 0 amide bonds. The minimum Gasteiger partial charge on any atom is -0.304 e. The summed E-state index contributed by atoms with van der Waals surface area (Å²) in [4.78, 5) is 0. The molecule has 1 atom stereocenters. The van der Waals surface area contributed by atoms with E-state index in [1.165, 1.54) is 5.56 Å². The van der Waals surface area contributed by atoms with Gasteiger partial charge in [-0.15, -0.1) is 0 Å². The van der Waals surface area contributed by atoms with Gasteiger partial charge < -0.3 is 5.32 Å². The largest absolute Gasteiger partial charge is 0.304 e. The first-order valence-electron chi connectivity index (χ1n) is 6.74. The second kappa shape index (κ2) is 5.13. The van der Waals surface area contributed by atoms with Crippen molar-refractivity contribution < 1.29 is 4.39 Å². The fraction of sp³-hybridized carbons (Fsp3) is 0.400. The van der Waals surface area contributed by atoms with Crippen molar-refractivity contribution in [2.24, 2.45) is 0 Å². The number of aryl methyl sites for hydroxylation is 2. The Hall–Kier alpha value is -1.68. The van der Waals surface area contributed by atoms with Crippen LogP contribution >= 0.6 is 0 Å². The molecule has 0 saturated heterocycles. The molecule has 1 aromatic heterocycles. The molecule has 1 aliphatic rings. The van der Waals surface area contributed by atoms with E-state index in [1.54, 1.807) is 12.1 Å². The topological polar surface area (TPSA) is 40.7 Å². The minimum absolute atomic E-state index is 0.148. The SMILES string of the molecule is Cc1cn[nH]c1CN[C@@H]1CCCc2ccc(F)cc21. The van der Waals surface area contributed by atoms with Crippen LogP contribution in [0.15, 0.2) is 24.4 Å². The molecule has 0 saturated carbocycles. The number of hydrogen-bond acceptors (Lipinski definition) is 2. The lowest BCUT2D eigenvalue weighted by Crippen LogP contribution is -2.25. The van der Waals surface area contributed by atoms with Gasteiger partial charge in [0.05, 0.1) is 11.9 Å². The van der Waals surface area contributed by atoms with Crippen molar-refractivity contribution in [3.05, 3.63) is 52.6 Å². The molecular formula is C15H18FN3. The number of aromatic nitrogens is 2. The van der Waals surface area contributed by atoms with Gasteiger partial charge in [-0.1, -0.05) is 6.07 Å². The fourth-order valence-electron chi connectivity index (χ4n) is 2.76. The molecule has 0 bridgehead atoms. The summed E-state index contributed by atoms with van der Waals surface area (Å²) in [6.07, 6.45) is 5.09. The number of halogens is 1. The van der Waals surface area contributed by atoms with Crippen LogP contribution in [-0.2, 0) is 13.0 Å². The van der Waals surface area contributed by atoms with Crippen LogP contribution in [0.2, 0.25) is 0 Å². The van der Waals surface area contributed by atoms with Crippen molar-refractivity contribution >= 4 is 0 Å². The van der Waals surface area contributed by atoms with Crippen LogP contribution in [0.1, 0.15) is 41.3 Å². The highest BCUT2D eigenvalue weighted by atomic mass is 19.1.